The Kier molecular flexibility index (Phi) is 54.1. The maximum atomic E-state index is 18.6. The minimum absolute atomic E-state index is 0.862. The summed E-state index contributed by atoms with van der Waals surface area (Å²) in [4.78, 5) is 18.6. The van der Waals surface area contributed by atoms with Crippen LogP contribution in [-0.2, 0) is 0 Å². The second-order valence-electron chi connectivity index (χ2n) is 26.8. The third-order valence-electron chi connectivity index (χ3n) is 17.2. The van der Waals surface area contributed by atoms with Crippen molar-refractivity contribution in [2.75, 3.05) is 157 Å². The Morgan fingerprint density at radius 3 is 0.277 bits per heavy atom. The molecule has 0 saturated heterocycles. The van der Waals surface area contributed by atoms with Gasteiger partial charge in [-0.15, -0.1) is 0 Å². The van der Waals surface area contributed by atoms with Crippen LogP contribution >= 0.6 is 37.5 Å². The van der Waals surface area contributed by atoms with Crippen LogP contribution in [0, 0.1) is 0 Å². The molecule has 568 valence electrons. The van der Waals surface area contributed by atoms with Crippen molar-refractivity contribution < 1.29 is 4.89 Å². The van der Waals surface area contributed by atoms with Crippen molar-refractivity contribution in [1.82, 2.24) is 56.0 Å². The molecule has 0 aromatic rings. The summed E-state index contributed by atoms with van der Waals surface area (Å²) in [7, 11) is -19.7. The topological polar surface area (TPSA) is 109 Å². The van der Waals surface area contributed by atoms with Gasteiger partial charge >= 0.3 is 594 Å². The summed E-state index contributed by atoms with van der Waals surface area (Å²) in [6.07, 6.45) is 23.3. The molecule has 0 saturated carbocycles. The molecule has 0 bridgehead atoms. The quantitative estimate of drug-likeness (QED) is 0.0584. The second kappa shape index (κ2) is 53.6. The van der Waals surface area contributed by atoms with Crippen molar-refractivity contribution in [2.45, 2.75) is 320 Å². The number of hydrogen-bond donors (Lipinski definition) is 1. The summed E-state index contributed by atoms with van der Waals surface area (Å²) < 4.78 is 65.2. The van der Waals surface area contributed by atoms with E-state index in [0.29, 0.717) is 0 Å². The van der Waals surface area contributed by atoms with Gasteiger partial charge in [-0.05, 0) is 0 Å². The molecule has 0 aromatic heterocycles. The molecule has 0 heterocycles. The number of nitrogens with zero attached hydrogens (tertiary/aromatic N) is 16. The van der Waals surface area contributed by atoms with Gasteiger partial charge in [-0.25, -0.2) is 0 Å². The van der Waals surface area contributed by atoms with Crippen LogP contribution in [-0.4, -0.2) is 218 Å². The van der Waals surface area contributed by atoms with Crippen LogP contribution in [0.2, 0.25) is 0 Å². The van der Waals surface area contributed by atoms with Crippen LogP contribution in [0.3, 0.4) is 0 Å². The van der Waals surface area contributed by atoms with Gasteiger partial charge < -0.3 is 0 Å². The summed E-state index contributed by atoms with van der Waals surface area (Å²) in [6.45, 7) is 78.4. The van der Waals surface area contributed by atoms with E-state index in [4.69, 9.17) is 18.1 Å². The van der Waals surface area contributed by atoms with Gasteiger partial charge in [-0.3, -0.25) is 0 Å². The molecule has 0 aliphatic heterocycles. The maximum absolute atomic E-state index is 18.6. The molecule has 0 spiro atoms. The monoisotopic (exact) mass is 1430 g/mol. The fourth-order valence-electron chi connectivity index (χ4n) is 14.5. The Morgan fingerprint density at radius 1 is 0.160 bits per heavy atom. The minimum atomic E-state index is -6.19. The Labute approximate surface area is 590 Å². The Balaban J connectivity index is 14.8. The molecule has 0 atom stereocenters. The van der Waals surface area contributed by atoms with Gasteiger partial charge in [0.15, 0.2) is 0 Å². The van der Waals surface area contributed by atoms with Crippen molar-refractivity contribution in [3.05, 3.63) is 0 Å². The first kappa shape index (κ1) is 94.8. The normalized spacial score (nSPS) is 13.8. The fraction of sp³-hybridized carbons (Fsp3) is 1.00. The van der Waals surface area contributed by atoms with Crippen molar-refractivity contribution in [1.29, 1.82) is 0 Å². The molecule has 0 aliphatic carbocycles. The van der Waals surface area contributed by atoms with E-state index >= 15 is 4.89 Å². The molecule has 0 unspecified atom stereocenters. The van der Waals surface area contributed by atoms with E-state index in [9.17, 15) is 0 Å². The summed E-state index contributed by atoms with van der Waals surface area (Å²) in [5.74, 6) is 0. The molecule has 0 fully saturated rings. The molecule has 1 N–H and O–H groups in total. The van der Waals surface area contributed by atoms with E-state index in [1.165, 1.54) is 0 Å². The van der Waals surface area contributed by atoms with E-state index in [-0.39, 0.29) is 0 Å². The Bertz CT molecular complexity index is 1550. The molecule has 0 rings (SSSR count). The van der Waals surface area contributed by atoms with E-state index in [2.05, 4.69) is 222 Å². The van der Waals surface area contributed by atoms with Gasteiger partial charge in [0.2, 0.25) is 0 Å². The van der Waals surface area contributed by atoms with Crippen molar-refractivity contribution in [3.63, 3.8) is 0 Å². The Morgan fingerprint density at radius 2 is 0.223 bits per heavy atom. The SMILES string of the molecule is CCCN(CCC)P(=NP(O)(N=P(N(CCC)CCC)(N(CCC)CCC)N(CCC)CCC)(N=P(N(CCC)CCC)(N(CCC)CCC)N(CCC)CCC)N=P(N(CCC)CCC)(N(CCC)CCC)N(CCC)CCC)(N(CCC)CCC)N(CCC)CCC. The van der Waals surface area contributed by atoms with Crippen LogP contribution in [0.1, 0.15) is 320 Å². The third kappa shape index (κ3) is 26.2. The first-order valence-corrected chi connectivity index (χ1v) is 49.2. The van der Waals surface area contributed by atoms with Crippen LogP contribution in [0.4, 0.5) is 0 Å². The van der Waals surface area contributed by atoms with Gasteiger partial charge in [-0.2, -0.15) is 0 Å². The zero-order valence-corrected chi connectivity index (χ0v) is 72.3. The third-order valence-corrected chi connectivity index (χ3v) is 40.1. The number of hydrogen-bond acceptors (Lipinski definition) is 5. The average molecular weight is 1430 g/mol. The summed E-state index contributed by atoms with van der Waals surface area (Å²) in [6, 6.07) is 0. The molecular weight excluding hydrogens is 1260 g/mol. The summed E-state index contributed by atoms with van der Waals surface area (Å²) in [5.41, 5.74) is 0. The first-order valence-electron chi connectivity index (χ1n) is 40.8. The van der Waals surface area contributed by atoms with E-state index in [1.54, 1.807) is 0 Å². The molecule has 94 heavy (non-hydrogen) atoms. The van der Waals surface area contributed by atoms with Crippen molar-refractivity contribution in [3.8, 4) is 0 Å². The molecule has 17 nitrogen and oxygen atoms in total. The number of rotatable bonds is 64. The van der Waals surface area contributed by atoms with Gasteiger partial charge in [0.05, 0.1) is 0 Å². The first-order chi connectivity index (χ1) is 45.4. The predicted octanol–water partition coefficient (Wildman–Crippen LogP) is 23.4. The van der Waals surface area contributed by atoms with Gasteiger partial charge in [0.1, 0.15) is 0 Å². The van der Waals surface area contributed by atoms with Crippen LogP contribution in [0.5, 0.6) is 0 Å². The molecule has 22 heteroatoms. The fourth-order valence-corrected chi connectivity index (χ4v) is 45.2. The second-order valence-corrected chi connectivity index (χ2v) is 42.6. The van der Waals surface area contributed by atoms with Crippen molar-refractivity contribution in [2.24, 2.45) is 18.1 Å². The van der Waals surface area contributed by atoms with Crippen molar-refractivity contribution >= 4 is 37.5 Å². The van der Waals surface area contributed by atoms with E-state index in [0.717, 1.165) is 311 Å². The summed E-state index contributed by atoms with van der Waals surface area (Å²) in [5, 5.41) is 0. The Hall–Kier alpha value is 0.830. The predicted molar refractivity (Wildman–Crippen MR) is 432 cm³/mol. The summed E-state index contributed by atoms with van der Waals surface area (Å²) >= 11 is 0. The zero-order chi connectivity index (χ0) is 71.1. The molecule has 0 aromatic carbocycles. The average Bonchev–Trinajstić information content (AvgIpc) is 0.686. The molecule has 0 aliphatic rings. The van der Waals surface area contributed by atoms with Gasteiger partial charge in [0.25, 0.3) is 0 Å². The van der Waals surface area contributed by atoms with Gasteiger partial charge in [0, 0.05) is 0 Å². The van der Waals surface area contributed by atoms with Crippen LogP contribution in [0.25, 0.3) is 0 Å². The van der Waals surface area contributed by atoms with Crippen LogP contribution < -0.4 is 0 Å². The standard InChI is InChI=1S/C72H169N16OP5/c1-25-49-77(50-26-2)90(78(51-27-3)52-28-4,79(53-29-5)54-30-6)73-94(89,74-91(80(55-31-7)56-32-8,81(57-33-9)58-34-10)82(59-35-11)60-36-12,75-92(83(61-37-13)62-38-14,84(63-39-15)64-40-16)85(65-41-17)66-42-18)76-93(86(67-43-19)68-44-20,87(69-45-21)70-46-22)88(71-47-23)72-48-24/h89H,25-72H2,1-24H3. The zero-order valence-electron chi connectivity index (χ0n) is 67.8. The van der Waals surface area contributed by atoms with Gasteiger partial charge in [-0.1, -0.05) is 0 Å². The van der Waals surface area contributed by atoms with E-state index in [1.807, 2.05) is 0 Å². The van der Waals surface area contributed by atoms with Crippen LogP contribution in [0.15, 0.2) is 18.1 Å². The molecular formula is C72H169N16OP5. The molecule has 0 radical (unpaired) electrons. The molecule has 0 amide bonds. The van der Waals surface area contributed by atoms with E-state index < -0.39 is 37.5 Å².